The minimum Gasteiger partial charge on any atom is -0.493 e. The van der Waals surface area contributed by atoms with E-state index in [0.29, 0.717) is 17.9 Å². The van der Waals surface area contributed by atoms with Crippen LogP contribution in [0.4, 0.5) is 4.79 Å². The second-order valence-corrected chi connectivity index (χ2v) is 4.96. The molecule has 6 heteroatoms. The molecular formula is C16H18N2O4. The number of carbonyl (C=O) groups excluding carboxylic acids is 3. The molecule has 22 heavy (non-hydrogen) atoms. The number of hydrogen-bond acceptors (Lipinski definition) is 4. The number of rotatable bonds is 4. The summed E-state index contributed by atoms with van der Waals surface area (Å²) in [4.78, 5) is 37.9. The van der Waals surface area contributed by atoms with Crippen LogP contribution >= 0.6 is 0 Å². The van der Waals surface area contributed by atoms with Crippen molar-refractivity contribution in [1.29, 1.82) is 0 Å². The van der Waals surface area contributed by atoms with E-state index in [4.69, 9.17) is 4.74 Å². The molecule has 0 saturated carbocycles. The molecule has 0 aromatic heterocycles. The first kappa shape index (κ1) is 15.8. The molecule has 1 aliphatic rings. The number of carbonyl (C=O) groups is 3. The van der Waals surface area contributed by atoms with Crippen LogP contribution in [0.5, 0.6) is 5.75 Å². The molecule has 2 rings (SSSR count). The first-order valence-electron chi connectivity index (χ1n) is 7.01. The van der Waals surface area contributed by atoms with Gasteiger partial charge in [-0.05, 0) is 18.6 Å². The summed E-state index contributed by atoms with van der Waals surface area (Å²) in [5, 5.41) is 0. The number of urea groups is 1. The average molecular weight is 302 g/mol. The summed E-state index contributed by atoms with van der Waals surface area (Å²) < 4.78 is 5.61. The zero-order valence-electron chi connectivity index (χ0n) is 12.8. The number of hydrogen-bond donors (Lipinski definition) is 0. The van der Waals surface area contributed by atoms with E-state index < -0.39 is 17.8 Å². The Morgan fingerprint density at radius 2 is 1.64 bits per heavy atom. The van der Waals surface area contributed by atoms with Crippen LogP contribution in [0.15, 0.2) is 29.8 Å². The predicted molar refractivity (Wildman–Crippen MR) is 81.1 cm³/mol. The van der Waals surface area contributed by atoms with Gasteiger partial charge in [0.2, 0.25) is 0 Å². The van der Waals surface area contributed by atoms with Crippen LogP contribution in [-0.4, -0.2) is 48.3 Å². The molecule has 1 aliphatic heterocycles. The number of barbiturate groups is 1. The van der Waals surface area contributed by atoms with E-state index in [0.717, 1.165) is 16.2 Å². The molecule has 1 fully saturated rings. The summed E-state index contributed by atoms with van der Waals surface area (Å²) in [5.74, 6) is -0.628. The lowest BCUT2D eigenvalue weighted by Crippen LogP contribution is -2.52. The van der Waals surface area contributed by atoms with Crippen molar-refractivity contribution >= 4 is 23.9 Å². The highest BCUT2D eigenvalue weighted by Crippen LogP contribution is 2.24. The van der Waals surface area contributed by atoms with Crippen molar-refractivity contribution in [2.75, 3.05) is 20.7 Å². The largest absolute Gasteiger partial charge is 0.493 e. The van der Waals surface area contributed by atoms with E-state index in [9.17, 15) is 14.4 Å². The van der Waals surface area contributed by atoms with Gasteiger partial charge in [0, 0.05) is 19.7 Å². The molecule has 4 amide bonds. The van der Waals surface area contributed by atoms with Crippen molar-refractivity contribution in [3.8, 4) is 5.75 Å². The van der Waals surface area contributed by atoms with Crippen molar-refractivity contribution in [2.24, 2.45) is 0 Å². The Balaban J connectivity index is 2.41. The van der Waals surface area contributed by atoms with Crippen molar-refractivity contribution < 1.29 is 19.1 Å². The summed E-state index contributed by atoms with van der Waals surface area (Å²) in [6, 6.07) is 6.51. The maximum absolute atomic E-state index is 12.2. The molecule has 1 saturated heterocycles. The average Bonchev–Trinajstić information content (AvgIpc) is 2.54. The van der Waals surface area contributed by atoms with Crippen LogP contribution in [0.1, 0.15) is 18.9 Å². The van der Waals surface area contributed by atoms with Crippen LogP contribution in [0.25, 0.3) is 6.08 Å². The molecule has 116 valence electrons. The molecule has 0 aliphatic carbocycles. The lowest BCUT2D eigenvalue weighted by atomic mass is 10.1. The molecule has 6 nitrogen and oxygen atoms in total. The number of likely N-dealkylation sites (N-methyl/N-ethyl adjacent to an activating group) is 2. The smallest absolute Gasteiger partial charge is 0.333 e. The normalized spacial score (nSPS) is 15.4. The lowest BCUT2D eigenvalue weighted by molar-refractivity contribution is -0.134. The van der Waals surface area contributed by atoms with E-state index in [2.05, 4.69) is 0 Å². The molecule has 0 N–H and O–H groups in total. The van der Waals surface area contributed by atoms with Crippen LogP contribution in [0.3, 0.4) is 0 Å². The Morgan fingerprint density at radius 1 is 1.05 bits per heavy atom. The molecule has 1 aromatic rings. The van der Waals surface area contributed by atoms with Gasteiger partial charge in [-0.25, -0.2) is 4.79 Å². The fraction of sp³-hybridized carbons (Fsp3) is 0.312. The van der Waals surface area contributed by atoms with Gasteiger partial charge in [-0.2, -0.15) is 0 Å². The van der Waals surface area contributed by atoms with Gasteiger partial charge in [0.05, 0.1) is 6.61 Å². The quantitative estimate of drug-likeness (QED) is 0.629. The summed E-state index contributed by atoms with van der Waals surface area (Å²) >= 11 is 0. The van der Waals surface area contributed by atoms with Gasteiger partial charge in [0.15, 0.2) is 0 Å². The van der Waals surface area contributed by atoms with Gasteiger partial charge in [0.1, 0.15) is 11.3 Å². The SMILES string of the molecule is CCCOc1ccccc1C=C1C(=O)N(C)C(=O)N(C)C1=O. The molecule has 1 aromatic carbocycles. The van der Waals surface area contributed by atoms with E-state index in [-0.39, 0.29) is 5.57 Å². The monoisotopic (exact) mass is 302 g/mol. The third-order valence-corrected chi connectivity index (χ3v) is 3.32. The number of imide groups is 2. The van der Waals surface area contributed by atoms with E-state index in [1.165, 1.54) is 20.2 Å². The highest BCUT2D eigenvalue weighted by atomic mass is 16.5. The third kappa shape index (κ3) is 2.86. The van der Waals surface area contributed by atoms with Gasteiger partial charge >= 0.3 is 6.03 Å². The maximum atomic E-state index is 12.2. The number of ether oxygens (including phenoxy) is 1. The summed E-state index contributed by atoms with van der Waals surface area (Å²) in [7, 11) is 2.70. The van der Waals surface area contributed by atoms with Gasteiger partial charge in [0.25, 0.3) is 11.8 Å². The Hall–Kier alpha value is -2.63. The summed E-state index contributed by atoms with van der Waals surface area (Å²) in [6.45, 7) is 2.53. The van der Waals surface area contributed by atoms with Gasteiger partial charge < -0.3 is 4.74 Å². The van der Waals surface area contributed by atoms with Gasteiger partial charge in [-0.15, -0.1) is 0 Å². The van der Waals surface area contributed by atoms with E-state index in [1.807, 2.05) is 13.0 Å². The zero-order chi connectivity index (χ0) is 16.3. The fourth-order valence-electron chi connectivity index (χ4n) is 2.07. The Labute approximate surface area is 129 Å². The zero-order valence-corrected chi connectivity index (χ0v) is 12.8. The van der Waals surface area contributed by atoms with Crippen molar-refractivity contribution in [3.63, 3.8) is 0 Å². The lowest BCUT2D eigenvalue weighted by Gasteiger charge is -2.28. The Bertz CT molecular complexity index is 625. The first-order chi connectivity index (χ1) is 10.5. The number of para-hydroxylation sites is 1. The first-order valence-corrected chi connectivity index (χ1v) is 7.01. The van der Waals surface area contributed by atoms with Gasteiger partial charge in [-0.3, -0.25) is 19.4 Å². The van der Waals surface area contributed by atoms with E-state index in [1.54, 1.807) is 18.2 Å². The second-order valence-electron chi connectivity index (χ2n) is 4.96. The fourth-order valence-corrected chi connectivity index (χ4v) is 2.07. The summed E-state index contributed by atoms with van der Waals surface area (Å²) in [6.07, 6.45) is 2.32. The molecule has 0 spiro atoms. The highest BCUT2D eigenvalue weighted by Gasteiger charge is 2.37. The maximum Gasteiger partial charge on any atom is 0.333 e. The molecule has 1 heterocycles. The molecule has 0 radical (unpaired) electrons. The second kappa shape index (κ2) is 6.43. The predicted octanol–water partition coefficient (Wildman–Crippen LogP) is 1.91. The number of benzene rings is 1. The number of amides is 4. The van der Waals surface area contributed by atoms with Crippen molar-refractivity contribution in [1.82, 2.24) is 9.80 Å². The van der Waals surface area contributed by atoms with Crippen LogP contribution in [-0.2, 0) is 9.59 Å². The van der Waals surface area contributed by atoms with Gasteiger partial charge in [-0.1, -0.05) is 25.1 Å². The minimum atomic E-state index is -0.636. The van der Waals surface area contributed by atoms with E-state index >= 15 is 0 Å². The standard InChI is InChI=1S/C16H18N2O4/c1-4-9-22-13-8-6-5-7-11(13)10-12-14(19)17(2)16(21)18(3)15(12)20/h5-8,10H,4,9H2,1-3H3. The minimum absolute atomic E-state index is 0.0582. The molecule has 0 bridgehead atoms. The third-order valence-electron chi connectivity index (χ3n) is 3.32. The molecule has 0 atom stereocenters. The van der Waals surface area contributed by atoms with Crippen molar-refractivity contribution in [3.05, 3.63) is 35.4 Å². The molecule has 0 unspecified atom stereocenters. The summed E-state index contributed by atoms with van der Waals surface area (Å²) in [5.41, 5.74) is 0.570. The van der Waals surface area contributed by atoms with Crippen LogP contribution in [0.2, 0.25) is 0 Å². The highest BCUT2D eigenvalue weighted by molar-refractivity contribution is 6.30. The van der Waals surface area contributed by atoms with Crippen LogP contribution in [0, 0.1) is 0 Å². The number of nitrogens with zero attached hydrogens (tertiary/aromatic N) is 2. The Kier molecular flexibility index (Phi) is 4.60. The molecular weight excluding hydrogens is 284 g/mol. The topological polar surface area (TPSA) is 66.9 Å². The Morgan fingerprint density at radius 3 is 2.23 bits per heavy atom. The van der Waals surface area contributed by atoms with Crippen molar-refractivity contribution in [2.45, 2.75) is 13.3 Å². The van der Waals surface area contributed by atoms with Crippen LogP contribution < -0.4 is 4.74 Å².